The van der Waals surface area contributed by atoms with Crippen LogP contribution in [0.1, 0.15) is 27.2 Å². The maximum atomic E-state index is 11.3. The second kappa shape index (κ2) is 3.24. The van der Waals surface area contributed by atoms with Crippen LogP contribution in [0.3, 0.4) is 0 Å². The molecule has 1 aliphatic heterocycles. The minimum Gasteiger partial charge on any atom is -0.213 e. The van der Waals surface area contributed by atoms with Gasteiger partial charge in [-0.2, -0.15) is 0 Å². The summed E-state index contributed by atoms with van der Waals surface area (Å²) in [7, 11) is -2.97. The highest BCUT2D eigenvalue weighted by Gasteiger charge is 2.39. The third-order valence-electron chi connectivity index (χ3n) is 3.33. The summed E-state index contributed by atoms with van der Waals surface area (Å²) in [5, 5.41) is 0. The molecule has 0 radical (unpaired) electrons. The fraction of sp³-hybridized carbons (Fsp3) is 1.00. The largest absolute Gasteiger partial charge is 0.213 e. The Morgan fingerprint density at radius 3 is 2.15 bits per heavy atom. The molecule has 4 heteroatoms. The molecule has 0 aromatic carbocycles. The van der Waals surface area contributed by atoms with Gasteiger partial charge in [-0.15, -0.1) is 0 Å². The molecule has 1 rings (SSSR count). The monoisotopic (exact) mass is 205 g/mol. The van der Waals surface area contributed by atoms with Gasteiger partial charge in [-0.05, 0) is 17.8 Å². The Morgan fingerprint density at radius 2 is 1.92 bits per heavy atom. The van der Waals surface area contributed by atoms with Crippen molar-refractivity contribution in [1.29, 1.82) is 0 Å². The third-order valence-corrected chi connectivity index (χ3v) is 4.58. The average molecular weight is 205 g/mol. The molecule has 0 bridgehead atoms. The van der Waals surface area contributed by atoms with Crippen LogP contribution in [0.2, 0.25) is 0 Å². The molecular weight excluding hydrogens is 186 g/mol. The summed E-state index contributed by atoms with van der Waals surface area (Å²) in [5.41, 5.74) is 0.170. The van der Waals surface area contributed by atoms with Crippen LogP contribution in [-0.2, 0) is 10.0 Å². The second-order valence-corrected chi connectivity index (χ2v) is 6.64. The number of sulfonamides is 1. The van der Waals surface area contributed by atoms with Crippen molar-refractivity contribution in [3.8, 4) is 0 Å². The summed E-state index contributed by atoms with van der Waals surface area (Å²) >= 11 is 0. The molecule has 1 fully saturated rings. The first-order valence-corrected chi connectivity index (χ1v) is 6.56. The zero-order chi connectivity index (χ0) is 10.3. The molecule has 0 amide bonds. The van der Waals surface area contributed by atoms with Crippen molar-refractivity contribution in [3.05, 3.63) is 0 Å². The molecule has 0 aliphatic carbocycles. The minimum atomic E-state index is -2.97. The first kappa shape index (κ1) is 11.0. The lowest BCUT2D eigenvalue weighted by Crippen LogP contribution is -2.32. The van der Waals surface area contributed by atoms with Crippen LogP contribution in [0.25, 0.3) is 0 Å². The third kappa shape index (κ3) is 2.23. The predicted octanol–water partition coefficient (Wildman–Crippen LogP) is 1.31. The van der Waals surface area contributed by atoms with Crippen molar-refractivity contribution < 1.29 is 8.42 Å². The van der Waals surface area contributed by atoms with E-state index in [4.69, 9.17) is 0 Å². The molecule has 1 atom stereocenters. The number of hydrogen-bond donors (Lipinski definition) is 0. The molecule has 13 heavy (non-hydrogen) atoms. The van der Waals surface area contributed by atoms with E-state index in [0.717, 1.165) is 6.42 Å². The summed E-state index contributed by atoms with van der Waals surface area (Å²) in [5.74, 6) is 0.541. The molecule has 0 unspecified atom stereocenters. The predicted molar refractivity (Wildman–Crippen MR) is 54.0 cm³/mol. The van der Waals surface area contributed by atoms with Crippen LogP contribution in [-0.4, -0.2) is 32.1 Å². The average Bonchev–Trinajstić information content (AvgIpc) is 2.31. The summed E-state index contributed by atoms with van der Waals surface area (Å²) in [6, 6.07) is 0. The van der Waals surface area contributed by atoms with E-state index in [1.807, 2.05) is 0 Å². The normalized spacial score (nSPS) is 31.5. The highest BCUT2D eigenvalue weighted by atomic mass is 32.2. The highest BCUT2D eigenvalue weighted by Crippen LogP contribution is 2.37. The molecule has 0 aromatic heterocycles. The maximum absolute atomic E-state index is 11.3. The Kier molecular flexibility index (Phi) is 2.74. The molecule has 1 aliphatic rings. The molecule has 0 aromatic rings. The summed E-state index contributed by atoms with van der Waals surface area (Å²) in [4.78, 5) is 0. The summed E-state index contributed by atoms with van der Waals surface area (Å²) in [6.07, 6.45) is 2.27. The number of nitrogens with zero attached hydrogens (tertiary/aromatic N) is 1. The van der Waals surface area contributed by atoms with Crippen molar-refractivity contribution in [3.63, 3.8) is 0 Å². The van der Waals surface area contributed by atoms with E-state index in [2.05, 4.69) is 20.8 Å². The molecule has 0 spiro atoms. The van der Waals surface area contributed by atoms with Gasteiger partial charge in [-0.1, -0.05) is 20.8 Å². The Hall–Kier alpha value is -0.0900. The van der Waals surface area contributed by atoms with Gasteiger partial charge in [0.1, 0.15) is 0 Å². The molecule has 78 valence electrons. The van der Waals surface area contributed by atoms with E-state index in [1.165, 1.54) is 6.26 Å². The van der Waals surface area contributed by atoms with Crippen LogP contribution >= 0.6 is 0 Å². The lowest BCUT2D eigenvalue weighted by molar-refractivity contribution is 0.236. The van der Waals surface area contributed by atoms with E-state index in [1.54, 1.807) is 4.31 Å². The number of rotatable bonds is 2. The van der Waals surface area contributed by atoms with Crippen LogP contribution in [0.5, 0.6) is 0 Å². The fourth-order valence-electron chi connectivity index (χ4n) is 1.70. The molecule has 3 nitrogen and oxygen atoms in total. The molecule has 0 saturated carbocycles. The summed E-state index contributed by atoms with van der Waals surface area (Å²) in [6.45, 7) is 7.86. The van der Waals surface area contributed by atoms with E-state index in [9.17, 15) is 8.42 Å². The van der Waals surface area contributed by atoms with Crippen molar-refractivity contribution in [2.45, 2.75) is 27.2 Å². The molecule has 0 N–H and O–H groups in total. The quantitative estimate of drug-likeness (QED) is 0.681. The zero-order valence-electron chi connectivity index (χ0n) is 8.87. The van der Waals surface area contributed by atoms with Gasteiger partial charge >= 0.3 is 0 Å². The van der Waals surface area contributed by atoms with Gasteiger partial charge in [0.25, 0.3) is 0 Å². The van der Waals surface area contributed by atoms with E-state index < -0.39 is 10.0 Å². The van der Waals surface area contributed by atoms with Gasteiger partial charge in [0.05, 0.1) is 6.26 Å². The van der Waals surface area contributed by atoms with Gasteiger partial charge in [0.15, 0.2) is 0 Å². The van der Waals surface area contributed by atoms with Gasteiger partial charge < -0.3 is 0 Å². The van der Waals surface area contributed by atoms with Crippen LogP contribution in [0.15, 0.2) is 0 Å². The molecule has 1 saturated heterocycles. The van der Waals surface area contributed by atoms with E-state index >= 15 is 0 Å². The molecular formula is C9H19NO2S. The SMILES string of the molecule is CC(C)[C@]1(C)CCN(S(C)(=O)=O)C1. The lowest BCUT2D eigenvalue weighted by Gasteiger charge is -2.28. The van der Waals surface area contributed by atoms with Crippen molar-refractivity contribution in [1.82, 2.24) is 4.31 Å². The number of hydrogen-bond acceptors (Lipinski definition) is 2. The standard InChI is InChI=1S/C9H19NO2S/c1-8(2)9(3)5-6-10(7-9)13(4,11)12/h8H,5-7H2,1-4H3/t9-/m1/s1. The van der Waals surface area contributed by atoms with Crippen LogP contribution in [0, 0.1) is 11.3 Å². The van der Waals surface area contributed by atoms with Gasteiger partial charge in [-0.25, -0.2) is 12.7 Å². The Labute approximate surface area is 81.2 Å². The first-order valence-electron chi connectivity index (χ1n) is 4.71. The topological polar surface area (TPSA) is 37.4 Å². The fourth-order valence-corrected chi connectivity index (χ4v) is 2.65. The Balaban J connectivity index is 2.75. The highest BCUT2D eigenvalue weighted by molar-refractivity contribution is 7.88. The van der Waals surface area contributed by atoms with Crippen molar-refractivity contribution >= 4 is 10.0 Å². The van der Waals surface area contributed by atoms with E-state index in [-0.39, 0.29) is 5.41 Å². The van der Waals surface area contributed by atoms with E-state index in [0.29, 0.717) is 19.0 Å². The van der Waals surface area contributed by atoms with Crippen molar-refractivity contribution in [2.24, 2.45) is 11.3 Å². The second-order valence-electron chi connectivity index (χ2n) is 4.66. The Morgan fingerprint density at radius 1 is 1.38 bits per heavy atom. The van der Waals surface area contributed by atoms with Gasteiger partial charge in [-0.3, -0.25) is 0 Å². The lowest BCUT2D eigenvalue weighted by atomic mass is 9.79. The Bertz CT molecular complexity index is 284. The smallest absolute Gasteiger partial charge is 0.211 e. The van der Waals surface area contributed by atoms with Crippen LogP contribution in [0.4, 0.5) is 0 Å². The summed E-state index contributed by atoms with van der Waals surface area (Å²) < 4.78 is 24.1. The van der Waals surface area contributed by atoms with Crippen LogP contribution < -0.4 is 0 Å². The van der Waals surface area contributed by atoms with Gasteiger partial charge in [0, 0.05) is 13.1 Å². The van der Waals surface area contributed by atoms with Crippen molar-refractivity contribution in [2.75, 3.05) is 19.3 Å². The van der Waals surface area contributed by atoms with Gasteiger partial charge in [0.2, 0.25) is 10.0 Å². The molecule has 1 heterocycles. The minimum absolute atomic E-state index is 0.170. The maximum Gasteiger partial charge on any atom is 0.211 e. The zero-order valence-corrected chi connectivity index (χ0v) is 9.69. The first-order chi connectivity index (χ1) is 5.76.